The molecule has 0 atom stereocenters. The second-order valence-electron chi connectivity index (χ2n) is 5.09. The van der Waals surface area contributed by atoms with Gasteiger partial charge in [-0.1, -0.05) is 6.07 Å². The van der Waals surface area contributed by atoms with Gasteiger partial charge in [-0.25, -0.2) is 0 Å². The molecule has 1 aromatic carbocycles. The van der Waals surface area contributed by atoms with E-state index in [-0.39, 0.29) is 12.0 Å². The third kappa shape index (κ3) is 2.92. The summed E-state index contributed by atoms with van der Waals surface area (Å²) in [5.41, 5.74) is 7.63. The lowest BCUT2D eigenvalue weighted by atomic mass is 10.2. The quantitative estimate of drug-likeness (QED) is 0.836. The number of benzene rings is 1. The van der Waals surface area contributed by atoms with Gasteiger partial charge in [-0.3, -0.25) is 4.79 Å². The Morgan fingerprint density at radius 1 is 1.32 bits per heavy atom. The van der Waals surface area contributed by atoms with Crippen LogP contribution < -0.4 is 15.4 Å². The van der Waals surface area contributed by atoms with E-state index in [1.165, 1.54) is 0 Å². The number of nitrogen functional groups attached to an aromatic ring is 1. The molecular weight excluding hydrogens is 242 g/mol. The van der Waals surface area contributed by atoms with Crippen molar-refractivity contribution in [3.05, 3.63) is 18.2 Å². The van der Waals surface area contributed by atoms with Crippen LogP contribution in [-0.4, -0.2) is 43.6 Å². The lowest BCUT2D eigenvalue weighted by Crippen LogP contribution is -2.48. The van der Waals surface area contributed by atoms with Crippen molar-refractivity contribution in [3.63, 3.8) is 0 Å². The highest BCUT2D eigenvalue weighted by Gasteiger charge is 2.23. The minimum absolute atomic E-state index is 0.0756. The summed E-state index contributed by atoms with van der Waals surface area (Å²) in [6, 6.07) is 5.70. The SMILES string of the molecule is CC(C)Oc1cccc(N2CCN(C)C(=O)C2)c1N. The summed E-state index contributed by atoms with van der Waals surface area (Å²) in [5.74, 6) is 0.791. The molecule has 1 fully saturated rings. The summed E-state index contributed by atoms with van der Waals surface area (Å²) in [4.78, 5) is 15.5. The van der Waals surface area contributed by atoms with E-state index in [1.807, 2.05) is 44.0 Å². The van der Waals surface area contributed by atoms with Crippen LogP contribution in [0.15, 0.2) is 18.2 Å². The average Bonchev–Trinajstić information content (AvgIpc) is 2.35. The van der Waals surface area contributed by atoms with Gasteiger partial charge < -0.3 is 20.3 Å². The van der Waals surface area contributed by atoms with Gasteiger partial charge in [0.1, 0.15) is 5.75 Å². The molecule has 0 spiro atoms. The molecule has 19 heavy (non-hydrogen) atoms. The number of para-hydroxylation sites is 1. The van der Waals surface area contributed by atoms with Crippen LogP contribution in [0, 0.1) is 0 Å². The van der Waals surface area contributed by atoms with Crippen molar-refractivity contribution in [1.29, 1.82) is 0 Å². The highest BCUT2D eigenvalue weighted by molar-refractivity contribution is 5.85. The number of likely N-dealkylation sites (N-methyl/N-ethyl adjacent to an activating group) is 1. The standard InChI is InChI=1S/C14H21N3O2/c1-10(2)19-12-6-4-5-11(14(12)15)17-8-7-16(3)13(18)9-17/h4-6,10H,7-9,15H2,1-3H3. The highest BCUT2D eigenvalue weighted by atomic mass is 16.5. The molecule has 1 aromatic rings. The summed E-state index contributed by atoms with van der Waals surface area (Å²) in [6.45, 7) is 5.80. The maximum atomic E-state index is 11.8. The summed E-state index contributed by atoms with van der Waals surface area (Å²) in [6.07, 6.45) is 0.0756. The Morgan fingerprint density at radius 2 is 2.05 bits per heavy atom. The lowest BCUT2D eigenvalue weighted by molar-refractivity contribution is -0.129. The van der Waals surface area contributed by atoms with Crippen molar-refractivity contribution in [2.24, 2.45) is 0 Å². The second kappa shape index (κ2) is 5.38. The van der Waals surface area contributed by atoms with E-state index in [1.54, 1.807) is 4.90 Å². The third-order valence-corrected chi connectivity index (χ3v) is 3.20. The van der Waals surface area contributed by atoms with E-state index in [9.17, 15) is 4.79 Å². The number of rotatable bonds is 3. The molecule has 0 saturated carbocycles. The fourth-order valence-corrected chi connectivity index (χ4v) is 2.13. The average molecular weight is 263 g/mol. The van der Waals surface area contributed by atoms with Gasteiger partial charge in [-0.15, -0.1) is 0 Å². The van der Waals surface area contributed by atoms with E-state index in [2.05, 4.69) is 0 Å². The summed E-state index contributed by atoms with van der Waals surface area (Å²) in [7, 11) is 1.82. The Labute approximate surface area is 113 Å². The van der Waals surface area contributed by atoms with Crippen molar-refractivity contribution in [1.82, 2.24) is 4.90 Å². The molecule has 2 N–H and O–H groups in total. The highest BCUT2D eigenvalue weighted by Crippen LogP contribution is 2.33. The first-order chi connectivity index (χ1) is 8.99. The number of carbonyl (C=O) groups excluding carboxylic acids is 1. The number of hydrogen-bond acceptors (Lipinski definition) is 4. The molecule has 0 aromatic heterocycles. The third-order valence-electron chi connectivity index (χ3n) is 3.20. The number of nitrogens with zero attached hydrogens (tertiary/aromatic N) is 2. The zero-order valence-corrected chi connectivity index (χ0v) is 11.7. The Kier molecular flexibility index (Phi) is 3.83. The topological polar surface area (TPSA) is 58.8 Å². The fraction of sp³-hybridized carbons (Fsp3) is 0.500. The molecule has 1 amide bonds. The van der Waals surface area contributed by atoms with Gasteiger partial charge in [0.25, 0.3) is 0 Å². The predicted octanol–water partition coefficient (Wildman–Crippen LogP) is 1.33. The monoisotopic (exact) mass is 263 g/mol. The van der Waals surface area contributed by atoms with Gasteiger partial charge in [0.05, 0.1) is 24.0 Å². The number of piperazine rings is 1. The van der Waals surface area contributed by atoms with E-state index < -0.39 is 0 Å². The molecule has 1 saturated heterocycles. The zero-order valence-electron chi connectivity index (χ0n) is 11.7. The van der Waals surface area contributed by atoms with Gasteiger partial charge >= 0.3 is 0 Å². The molecule has 0 radical (unpaired) electrons. The van der Waals surface area contributed by atoms with Crippen molar-refractivity contribution >= 4 is 17.3 Å². The predicted molar refractivity (Wildman–Crippen MR) is 76.5 cm³/mol. The van der Waals surface area contributed by atoms with Crippen molar-refractivity contribution in [2.75, 3.05) is 37.3 Å². The van der Waals surface area contributed by atoms with E-state index in [0.29, 0.717) is 24.5 Å². The van der Waals surface area contributed by atoms with Crippen LogP contribution in [0.25, 0.3) is 0 Å². The Balaban J connectivity index is 2.23. The Morgan fingerprint density at radius 3 is 2.68 bits per heavy atom. The first-order valence-corrected chi connectivity index (χ1v) is 6.53. The number of nitrogens with two attached hydrogens (primary N) is 1. The minimum atomic E-state index is 0.0756. The van der Waals surface area contributed by atoms with Crippen LogP contribution in [-0.2, 0) is 4.79 Å². The molecule has 5 nitrogen and oxygen atoms in total. The number of amides is 1. The molecule has 1 heterocycles. The number of hydrogen-bond donors (Lipinski definition) is 1. The van der Waals surface area contributed by atoms with Crippen LogP contribution in [0.1, 0.15) is 13.8 Å². The van der Waals surface area contributed by atoms with E-state index in [4.69, 9.17) is 10.5 Å². The van der Waals surface area contributed by atoms with Crippen LogP contribution in [0.3, 0.4) is 0 Å². The van der Waals surface area contributed by atoms with Crippen LogP contribution in [0.5, 0.6) is 5.75 Å². The maximum Gasteiger partial charge on any atom is 0.241 e. The summed E-state index contributed by atoms with van der Waals surface area (Å²) >= 11 is 0. The molecule has 0 aliphatic carbocycles. The Hall–Kier alpha value is -1.91. The van der Waals surface area contributed by atoms with Crippen LogP contribution in [0.2, 0.25) is 0 Å². The minimum Gasteiger partial charge on any atom is -0.489 e. The van der Waals surface area contributed by atoms with Crippen molar-refractivity contribution in [3.8, 4) is 5.75 Å². The molecule has 1 aliphatic heterocycles. The smallest absolute Gasteiger partial charge is 0.241 e. The molecular formula is C14H21N3O2. The fourth-order valence-electron chi connectivity index (χ4n) is 2.13. The molecule has 0 bridgehead atoms. The number of anilines is 2. The maximum absolute atomic E-state index is 11.8. The van der Waals surface area contributed by atoms with Gasteiger partial charge in [0.15, 0.2) is 0 Å². The second-order valence-corrected chi connectivity index (χ2v) is 5.09. The van der Waals surface area contributed by atoms with Crippen molar-refractivity contribution in [2.45, 2.75) is 20.0 Å². The summed E-state index contributed by atoms with van der Waals surface area (Å²) < 4.78 is 5.68. The van der Waals surface area contributed by atoms with Crippen molar-refractivity contribution < 1.29 is 9.53 Å². The van der Waals surface area contributed by atoms with Gasteiger partial charge in [-0.2, -0.15) is 0 Å². The number of ether oxygens (including phenoxy) is 1. The van der Waals surface area contributed by atoms with Gasteiger partial charge in [0, 0.05) is 20.1 Å². The molecule has 5 heteroatoms. The summed E-state index contributed by atoms with van der Waals surface area (Å²) in [5, 5.41) is 0. The van der Waals surface area contributed by atoms with Gasteiger partial charge in [0.2, 0.25) is 5.91 Å². The van der Waals surface area contributed by atoms with Gasteiger partial charge in [-0.05, 0) is 26.0 Å². The number of carbonyl (C=O) groups is 1. The largest absolute Gasteiger partial charge is 0.489 e. The van der Waals surface area contributed by atoms with Crippen LogP contribution >= 0.6 is 0 Å². The molecule has 2 rings (SSSR count). The van der Waals surface area contributed by atoms with E-state index >= 15 is 0 Å². The first kappa shape index (κ1) is 13.5. The lowest BCUT2D eigenvalue weighted by Gasteiger charge is -2.34. The van der Waals surface area contributed by atoms with E-state index in [0.717, 1.165) is 12.2 Å². The normalized spacial score (nSPS) is 16.1. The molecule has 0 unspecified atom stereocenters. The molecule has 1 aliphatic rings. The zero-order chi connectivity index (χ0) is 14.0. The Bertz CT molecular complexity index is 474. The molecule has 104 valence electrons. The first-order valence-electron chi connectivity index (χ1n) is 6.53. The van der Waals surface area contributed by atoms with Crippen LogP contribution in [0.4, 0.5) is 11.4 Å².